The van der Waals surface area contributed by atoms with Crippen molar-refractivity contribution in [3.63, 3.8) is 0 Å². The molecule has 1 aliphatic rings. The highest BCUT2D eigenvalue weighted by Crippen LogP contribution is 2.23. The van der Waals surface area contributed by atoms with Crippen molar-refractivity contribution in [2.45, 2.75) is 52.5 Å². The van der Waals surface area contributed by atoms with E-state index in [1.807, 2.05) is 24.8 Å². The molecule has 1 aromatic rings. The lowest BCUT2D eigenvalue weighted by Gasteiger charge is -2.25. The van der Waals surface area contributed by atoms with Gasteiger partial charge in [0.15, 0.2) is 5.96 Å². The quantitative estimate of drug-likeness (QED) is 0.368. The Morgan fingerprint density at radius 2 is 1.96 bits per heavy atom. The first kappa shape index (κ1) is 23.7. The number of likely N-dealkylation sites (tertiary alicyclic amines) is 1. The third-order valence-corrected chi connectivity index (χ3v) is 4.87. The first-order chi connectivity index (χ1) is 12.3. The number of hydrogen-bond acceptors (Lipinski definition) is 2. The zero-order chi connectivity index (χ0) is 19.2. The summed E-state index contributed by atoms with van der Waals surface area (Å²) in [5.74, 6) is 1.13. The average molecular weight is 486 g/mol. The van der Waals surface area contributed by atoms with Gasteiger partial charge in [-0.2, -0.15) is 0 Å². The van der Waals surface area contributed by atoms with E-state index in [1.165, 1.54) is 5.56 Å². The maximum Gasteiger partial charge on any atom is 0.225 e. The Hall–Kier alpha value is -1.31. The lowest BCUT2D eigenvalue weighted by atomic mass is 9.85. The molecule has 1 amide bonds. The maximum atomic E-state index is 12.2. The molecule has 1 unspecified atom stereocenters. The number of nitrogens with one attached hydrogen (secondary N) is 2. The Morgan fingerprint density at radius 3 is 2.56 bits per heavy atom. The molecule has 1 aliphatic heterocycles. The summed E-state index contributed by atoms with van der Waals surface area (Å²) in [6.45, 7) is 13.5. The fourth-order valence-corrected chi connectivity index (χ4v) is 3.21. The van der Waals surface area contributed by atoms with Crippen LogP contribution in [0.2, 0.25) is 0 Å². The normalized spacial score (nSPS) is 17.6. The lowest BCUT2D eigenvalue weighted by Crippen LogP contribution is -2.45. The third kappa shape index (κ3) is 6.97. The standard InChI is InChI=1S/C21H34N4O.HI/c1-6-22-20(23-15-21(4,5)17-10-8-7-9-11-17)24-18-12-13-25(14-18)19(26)16(2)3;/h7-11,16,18H,6,12-15H2,1-5H3,(H2,22,23,24);1H. The number of nitrogens with zero attached hydrogens (tertiary/aromatic N) is 2. The van der Waals surface area contributed by atoms with Crippen molar-refractivity contribution in [3.8, 4) is 0 Å². The number of guanidine groups is 1. The summed E-state index contributed by atoms with van der Waals surface area (Å²) < 4.78 is 0. The molecule has 1 atom stereocenters. The van der Waals surface area contributed by atoms with Gasteiger partial charge >= 0.3 is 0 Å². The van der Waals surface area contributed by atoms with E-state index in [4.69, 9.17) is 4.99 Å². The number of aliphatic imine (C=N–C) groups is 1. The smallest absolute Gasteiger partial charge is 0.225 e. The minimum Gasteiger partial charge on any atom is -0.357 e. The molecule has 1 heterocycles. The van der Waals surface area contributed by atoms with Crippen LogP contribution in [0.1, 0.15) is 46.6 Å². The van der Waals surface area contributed by atoms with Gasteiger partial charge in [-0.15, -0.1) is 24.0 Å². The molecule has 27 heavy (non-hydrogen) atoms. The lowest BCUT2D eigenvalue weighted by molar-refractivity contribution is -0.133. The van der Waals surface area contributed by atoms with Gasteiger partial charge < -0.3 is 15.5 Å². The summed E-state index contributed by atoms with van der Waals surface area (Å²) >= 11 is 0. The Balaban J connectivity index is 0.00000364. The second kappa shape index (κ2) is 10.9. The van der Waals surface area contributed by atoms with Crippen LogP contribution in [0.4, 0.5) is 0 Å². The molecule has 0 spiro atoms. The topological polar surface area (TPSA) is 56.7 Å². The maximum absolute atomic E-state index is 12.2. The highest BCUT2D eigenvalue weighted by atomic mass is 127. The van der Waals surface area contributed by atoms with Crippen LogP contribution in [0.15, 0.2) is 35.3 Å². The summed E-state index contributed by atoms with van der Waals surface area (Å²) in [6, 6.07) is 10.8. The Bertz CT molecular complexity index is 616. The summed E-state index contributed by atoms with van der Waals surface area (Å²) in [5.41, 5.74) is 1.26. The van der Waals surface area contributed by atoms with Crippen LogP contribution < -0.4 is 10.6 Å². The van der Waals surface area contributed by atoms with Crippen LogP contribution in [-0.2, 0) is 10.2 Å². The number of carbonyl (C=O) groups is 1. The number of hydrogen-bond donors (Lipinski definition) is 2. The van der Waals surface area contributed by atoms with E-state index in [0.717, 1.165) is 32.0 Å². The molecule has 6 heteroatoms. The molecule has 0 saturated carbocycles. The third-order valence-electron chi connectivity index (χ3n) is 4.87. The number of benzene rings is 1. The van der Waals surface area contributed by atoms with Crippen molar-refractivity contribution >= 4 is 35.8 Å². The fourth-order valence-electron chi connectivity index (χ4n) is 3.21. The molecule has 0 aliphatic carbocycles. The van der Waals surface area contributed by atoms with Crippen molar-refractivity contribution < 1.29 is 4.79 Å². The first-order valence-corrected chi connectivity index (χ1v) is 9.72. The van der Waals surface area contributed by atoms with Crippen molar-refractivity contribution in [3.05, 3.63) is 35.9 Å². The summed E-state index contributed by atoms with van der Waals surface area (Å²) in [4.78, 5) is 18.9. The zero-order valence-electron chi connectivity index (χ0n) is 17.3. The van der Waals surface area contributed by atoms with Gasteiger partial charge in [-0.05, 0) is 18.9 Å². The monoisotopic (exact) mass is 486 g/mol. The van der Waals surface area contributed by atoms with E-state index in [0.29, 0.717) is 6.54 Å². The molecule has 0 aromatic heterocycles. The van der Waals surface area contributed by atoms with Crippen molar-refractivity contribution in [1.82, 2.24) is 15.5 Å². The second-order valence-electron chi connectivity index (χ2n) is 8.01. The number of halogens is 1. The van der Waals surface area contributed by atoms with Gasteiger partial charge in [0.1, 0.15) is 0 Å². The summed E-state index contributed by atoms with van der Waals surface area (Å²) in [6.07, 6.45) is 0.963. The molecule has 2 N–H and O–H groups in total. The van der Waals surface area contributed by atoms with E-state index in [1.54, 1.807) is 0 Å². The second-order valence-corrected chi connectivity index (χ2v) is 8.01. The zero-order valence-corrected chi connectivity index (χ0v) is 19.6. The van der Waals surface area contributed by atoms with E-state index in [2.05, 4.69) is 55.7 Å². The fraction of sp³-hybridized carbons (Fsp3) is 0.619. The van der Waals surface area contributed by atoms with E-state index < -0.39 is 0 Å². The minimum absolute atomic E-state index is 0. The van der Waals surface area contributed by atoms with Gasteiger partial charge in [-0.25, -0.2) is 0 Å². The Labute approximate surface area is 181 Å². The van der Waals surface area contributed by atoms with Gasteiger partial charge in [0.05, 0.1) is 6.54 Å². The molecular formula is C21H35IN4O. The van der Waals surface area contributed by atoms with Gasteiger partial charge in [-0.3, -0.25) is 9.79 Å². The van der Waals surface area contributed by atoms with Crippen LogP contribution in [0.25, 0.3) is 0 Å². The molecular weight excluding hydrogens is 451 g/mol. The van der Waals surface area contributed by atoms with E-state index >= 15 is 0 Å². The van der Waals surface area contributed by atoms with Gasteiger partial charge in [0, 0.05) is 37.0 Å². The number of rotatable bonds is 6. The minimum atomic E-state index is -0.0288. The predicted molar refractivity (Wildman–Crippen MR) is 124 cm³/mol. The van der Waals surface area contributed by atoms with Crippen LogP contribution in [-0.4, -0.2) is 49.0 Å². The molecule has 1 aromatic carbocycles. The Kier molecular flexibility index (Phi) is 9.56. The van der Waals surface area contributed by atoms with Crippen molar-refractivity contribution in [2.75, 3.05) is 26.2 Å². The molecule has 5 nitrogen and oxygen atoms in total. The largest absolute Gasteiger partial charge is 0.357 e. The van der Waals surface area contributed by atoms with Gasteiger partial charge in [-0.1, -0.05) is 58.0 Å². The molecule has 0 radical (unpaired) electrons. The SMILES string of the molecule is CCNC(=NCC(C)(C)c1ccccc1)NC1CCN(C(=O)C(C)C)C1.I. The van der Waals surface area contributed by atoms with E-state index in [9.17, 15) is 4.79 Å². The van der Waals surface area contributed by atoms with Gasteiger partial charge in [0.2, 0.25) is 5.91 Å². The summed E-state index contributed by atoms with van der Waals surface area (Å²) in [7, 11) is 0. The highest BCUT2D eigenvalue weighted by molar-refractivity contribution is 14.0. The van der Waals surface area contributed by atoms with Crippen molar-refractivity contribution in [2.24, 2.45) is 10.9 Å². The van der Waals surface area contributed by atoms with Crippen molar-refractivity contribution in [1.29, 1.82) is 0 Å². The number of amides is 1. The van der Waals surface area contributed by atoms with Crippen LogP contribution >= 0.6 is 24.0 Å². The van der Waals surface area contributed by atoms with Crippen LogP contribution in [0.5, 0.6) is 0 Å². The predicted octanol–water partition coefficient (Wildman–Crippen LogP) is 3.39. The molecule has 152 valence electrons. The molecule has 2 rings (SSSR count). The Morgan fingerprint density at radius 1 is 1.30 bits per heavy atom. The van der Waals surface area contributed by atoms with E-state index in [-0.39, 0.29) is 47.3 Å². The molecule has 0 bridgehead atoms. The molecule has 1 saturated heterocycles. The first-order valence-electron chi connectivity index (χ1n) is 9.72. The highest BCUT2D eigenvalue weighted by Gasteiger charge is 2.28. The number of carbonyl (C=O) groups excluding carboxylic acids is 1. The van der Waals surface area contributed by atoms with Crippen LogP contribution in [0, 0.1) is 5.92 Å². The van der Waals surface area contributed by atoms with Gasteiger partial charge in [0.25, 0.3) is 0 Å². The van der Waals surface area contributed by atoms with Crippen LogP contribution in [0.3, 0.4) is 0 Å². The summed E-state index contributed by atoms with van der Waals surface area (Å²) in [5, 5.41) is 6.85. The average Bonchev–Trinajstić information content (AvgIpc) is 3.08. The molecule has 1 fully saturated rings.